The SMILES string of the molecule is N#C[C@@](CCc1ccc(Cl)cc1)(CCn1cncn1)c1ccccc1. The minimum absolute atomic E-state index is 0.563. The maximum Gasteiger partial charge on any atom is 0.137 e. The van der Waals surface area contributed by atoms with E-state index in [9.17, 15) is 5.26 Å². The van der Waals surface area contributed by atoms with Crippen LogP contribution in [-0.2, 0) is 18.4 Å². The number of halogens is 1. The molecule has 1 heterocycles. The second-order valence-corrected chi connectivity index (χ2v) is 6.53. The van der Waals surface area contributed by atoms with E-state index < -0.39 is 5.41 Å². The standard InChI is InChI=1S/C20H19ClN4/c21-19-8-6-17(7-9-19)10-11-20(14-22,18-4-2-1-3-5-18)12-13-25-16-23-15-24-25/h1-9,15-16H,10-13H2/t20-/m1/s1. The van der Waals surface area contributed by atoms with E-state index in [2.05, 4.69) is 16.2 Å². The molecule has 0 fully saturated rings. The minimum Gasteiger partial charge on any atom is -0.253 e. The molecule has 126 valence electrons. The predicted molar refractivity (Wildman–Crippen MR) is 98.1 cm³/mol. The molecule has 0 aliphatic carbocycles. The van der Waals surface area contributed by atoms with Gasteiger partial charge in [-0.3, -0.25) is 4.68 Å². The molecule has 3 rings (SSSR count). The molecule has 0 spiro atoms. The summed E-state index contributed by atoms with van der Waals surface area (Å²) < 4.78 is 1.78. The quantitative estimate of drug-likeness (QED) is 0.634. The molecule has 0 radical (unpaired) electrons. The van der Waals surface area contributed by atoms with Crippen molar-refractivity contribution in [2.45, 2.75) is 31.2 Å². The van der Waals surface area contributed by atoms with Crippen molar-refractivity contribution in [3.63, 3.8) is 0 Å². The summed E-state index contributed by atoms with van der Waals surface area (Å²) in [6, 6.07) is 20.4. The molecule has 25 heavy (non-hydrogen) atoms. The Kier molecular flexibility index (Phi) is 5.47. The van der Waals surface area contributed by atoms with Gasteiger partial charge in [-0.05, 0) is 42.5 Å². The summed E-state index contributed by atoms with van der Waals surface area (Å²) in [5.41, 5.74) is 1.67. The second-order valence-electron chi connectivity index (χ2n) is 6.09. The number of benzene rings is 2. The van der Waals surface area contributed by atoms with Crippen LogP contribution in [0.4, 0.5) is 0 Å². The van der Waals surface area contributed by atoms with Gasteiger partial charge in [-0.2, -0.15) is 10.4 Å². The molecule has 0 unspecified atom stereocenters. The number of hydrogen-bond donors (Lipinski definition) is 0. The van der Waals surface area contributed by atoms with Gasteiger partial charge in [0.1, 0.15) is 12.7 Å². The van der Waals surface area contributed by atoms with Gasteiger partial charge in [0, 0.05) is 11.6 Å². The van der Waals surface area contributed by atoms with Crippen molar-refractivity contribution in [1.29, 1.82) is 5.26 Å². The van der Waals surface area contributed by atoms with Crippen molar-refractivity contribution in [2.75, 3.05) is 0 Å². The van der Waals surface area contributed by atoms with Crippen molar-refractivity contribution >= 4 is 11.6 Å². The zero-order chi connectivity index (χ0) is 17.5. The predicted octanol–water partition coefficient (Wildman–Crippen LogP) is 4.42. The summed E-state index contributed by atoms with van der Waals surface area (Å²) in [7, 11) is 0. The van der Waals surface area contributed by atoms with Gasteiger partial charge in [-0.25, -0.2) is 4.98 Å². The fraction of sp³-hybridized carbons (Fsp3) is 0.250. The molecule has 0 bridgehead atoms. The summed E-state index contributed by atoms with van der Waals surface area (Å²) in [4.78, 5) is 3.98. The summed E-state index contributed by atoms with van der Waals surface area (Å²) in [5, 5.41) is 14.9. The first-order valence-electron chi connectivity index (χ1n) is 8.25. The van der Waals surface area contributed by atoms with Crippen LogP contribution in [0.3, 0.4) is 0 Å². The van der Waals surface area contributed by atoms with E-state index in [-0.39, 0.29) is 0 Å². The zero-order valence-corrected chi connectivity index (χ0v) is 14.6. The number of aromatic nitrogens is 3. The Morgan fingerprint density at radius 2 is 1.80 bits per heavy atom. The lowest BCUT2D eigenvalue weighted by Gasteiger charge is -2.27. The van der Waals surface area contributed by atoms with Crippen LogP contribution in [0.1, 0.15) is 24.0 Å². The topological polar surface area (TPSA) is 54.5 Å². The molecule has 0 amide bonds. The van der Waals surface area contributed by atoms with Gasteiger partial charge in [0.2, 0.25) is 0 Å². The fourth-order valence-corrected chi connectivity index (χ4v) is 3.14. The molecular weight excluding hydrogens is 332 g/mol. The Balaban J connectivity index is 1.82. The Labute approximate surface area is 152 Å². The smallest absolute Gasteiger partial charge is 0.137 e. The van der Waals surface area contributed by atoms with E-state index in [0.29, 0.717) is 13.0 Å². The van der Waals surface area contributed by atoms with Crippen LogP contribution in [0.2, 0.25) is 5.02 Å². The molecule has 1 atom stereocenters. The van der Waals surface area contributed by atoms with Gasteiger partial charge in [0.05, 0.1) is 11.5 Å². The Morgan fingerprint density at radius 3 is 2.44 bits per heavy atom. The highest BCUT2D eigenvalue weighted by Gasteiger charge is 2.32. The van der Waals surface area contributed by atoms with E-state index >= 15 is 0 Å². The average Bonchev–Trinajstić information content (AvgIpc) is 3.18. The van der Waals surface area contributed by atoms with Crippen molar-refractivity contribution in [1.82, 2.24) is 14.8 Å². The molecule has 5 heteroatoms. The lowest BCUT2D eigenvalue weighted by atomic mass is 9.74. The van der Waals surface area contributed by atoms with Crippen LogP contribution in [0.15, 0.2) is 67.3 Å². The van der Waals surface area contributed by atoms with E-state index in [1.54, 1.807) is 11.0 Å². The van der Waals surface area contributed by atoms with E-state index in [1.165, 1.54) is 11.9 Å². The van der Waals surface area contributed by atoms with Crippen LogP contribution in [0, 0.1) is 11.3 Å². The number of nitriles is 1. The van der Waals surface area contributed by atoms with Crippen molar-refractivity contribution in [3.05, 3.63) is 83.4 Å². The molecule has 0 saturated heterocycles. The third kappa shape index (κ3) is 4.26. The molecule has 0 N–H and O–H groups in total. The lowest BCUT2D eigenvalue weighted by molar-refractivity contribution is 0.414. The Hall–Kier alpha value is -2.64. The van der Waals surface area contributed by atoms with E-state index in [4.69, 9.17) is 11.6 Å². The molecular formula is C20H19ClN4. The Morgan fingerprint density at radius 1 is 1.04 bits per heavy atom. The highest BCUT2D eigenvalue weighted by atomic mass is 35.5. The first-order valence-corrected chi connectivity index (χ1v) is 8.63. The van der Waals surface area contributed by atoms with Gasteiger partial charge in [-0.15, -0.1) is 0 Å². The van der Waals surface area contributed by atoms with Crippen LogP contribution in [-0.4, -0.2) is 14.8 Å². The first-order chi connectivity index (χ1) is 12.2. The average molecular weight is 351 g/mol. The van der Waals surface area contributed by atoms with Gasteiger partial charge in [0.25, 0.3) is 0 Å². The Bertz CT molecular complexity index is 822. The van der Waals surface area contributed by atoms with Crippen LogP contribution >= 0.6 is 11.6 Å². The molecule has 1 aromatic heterocycles. The summed E-state index contributed by atoms with van der Waals surface area (Å²) in [6.07, 6.45) is 5.45. The lowest BCUT2D eigenvalue weighted by Crippen LogP contribution is -2.27. The summed E-state index contributed by atoms with van der Waals surface area (Å²) >= 11 is 5.96. The van der Waals surface area contributed by atoms with Gasteiger partial charge in [0.15, 0.2) is 0 Å². The maximum absolute atomic E-state index is 10.1. The number of rotatable bonds is 7. The van der Waals surface area contributed by atoms with Gasteiger partial charge < -0.3 is 0 Å². The monoisotopic (exact) mass is 350 g/mol. The minimum atomic E-state index is -0.563. The maximum atomic E-state index is 10.1. The van der Waals surface area contributed by atoms with E-state index in [1.807, 2.05) is 54.6 Å². The molecule has 0 saturated carbocycles. The van der Waals surface area contributed by atoms with Crippen molar-refractivity contribution < 1.29 is 0 Å². The fourth-order valence-electron chi connectivity index (χ4n) is 3.01. The molecule has 3 aromatic rings. The van der Waals surface area contributed by atoms with Crippen molar-refractivity contribution in [3.8, 4) is 6.07 Å². The largest absolute Gasteiger partial charge is 0.253 e. The zero-order valence-electron chi connectivity index (χ0n) is 13.8. The normalized spacial score (nSPS) is 13.1. The van der Waals surface area contributed by atoms with E-state index in [0.717, 1.165) is 23.4 Å². The third-order valence-electron chi connectivity index (χ3n) is 4.53. The number of aryl methyl sites for hydroxylation is 2. The summed E-state index contributed by atoms with van der Waals surface area (Å²) in [5.74, 6) is 0. The van der Waals surface area contributed by atoms with Gasteiger partial charge >= 0.3 is 0 Å². The van der Waals surface area contributed by atoms with Crippen molar-refractivity contribution in [2.24, 2.45) is 0 Å². The van der Waals surface area contributed by atoms with Crippen LogP contribution in [0.5, 0.6) is 0 Å². The summed E-state index contributed by atoms with van der Waals surface area (Å²) in [6.45, 7) is 0.656. The van der Waals surface area contributed by atoms with Crippen LogP contribution < -0.4 is 0 Å². The van der Waals surface area contributed by atoms with Crippen LogP contribution in [0.25, 0.3) is 0 Å². The highest BCUT2D eigenvalue weighted by Crippen LogP contribution is 2.33. The second kappa shape index (κ2) is 7.96. The molecule has 0 aliphatic rings. The molecule has 2 aromatic carbocycles. The molecule has 4 nitrogen and oxygen atoms in total. The highest BCUT2D eigenvalue weighted by molar-refractivity contribution is 6.30. The number of hydrogen-bond acceptors (Lipinski definition) is 3. The first kappa shape index (κ1) is 17.2. The third-order valence-corrected chi connectivity index (χ3v) is 4.78. The van der Waals surface area contributed by atoms with Gasteiger partial charge in [-0.1, -0.05) is 54.1 Å². The molecule has 0 aliphatic heterocycles. The number of nitrogens with zero attached hydrogens (tertiary/aromatic N) is 4.